The molecule has 0 radical (unpaired) electrons. The van der Waals surface area contributed by atoms with Crippen molar-refractivity contribution in [1.29, 1.82) is 0 Å². The average molecular weight is 428 g/mol. The van der Waals surface area contributed by atoms with Crippen molar-refractivity contribution in [3.63, 3.8) is 0 Å². The van der Waals surface area contributed by atoms with Crippen LogP contribution in [0.3, 0.4) is 0 Å². The highest BCUT2D eigenvalue weighted by atomic mass is 15.3. The third-order valence-corrected chi connectivity index (χ3v) is 6.69. The first-order valence-corrected chi connectivity index (χ1v) is 11.7. The molecule has 5 nitrogen and oxygen atoms in total. The van der Waals surface area contributed by atoms with Gasteiger partial charge in [0, 0.05) is 31.5 Å². The van der Waals surface area contributed by atoms with Crippen molar-refractivity contribution in [3.05, 3.63) is 83.2 Å². The van der Waals surface area contributed by atoms with Gasteiger partial charge in [-0.2, -0.15) is 0 Å². The van der Waals surface area contributed by atoms with E-state index < -0.39 is 0 Å². The van der Waals surface area contributed by atoms with E-state index in [2.05, 4.69) is 90.5 Å². The Morgan fingerprint density at radius 1 is 1.12 bits per heavy atom. The highest BCUT2D eigenvalue weighted by Crippen LogP contribution is 2.33. The summed E-state index contributed by atoms with van der Waals surface area (Å²) in [6.45, 7) is 2.82. The third kappa shape index (κ3) is 4.27. The number of allylic oxidation sites excluding steroid dienone is 2. The Hall–Kier alpha value is -2.76. The lowest BCUT2D eigenvalue weighted by Crippen LogP contribution is -2.36. The van der Waals surface area contributed by atoms with Gasteiger partial charge in [0.25, 0.3) is 0 Å². The topological polar surface area (TPSA) is 35.0 Å². The van der Waals surface area contributed by atoms with Gasteiger partial charge in [0.05, 0.1) is 17.8 Å². The molecule has 2 atom stereocenters. The van der Waals surface area contributed by atoms with E-state index in [1.165, 1.54) is 40.9 Å². The first kappa shape index (κ1) is 21.1. The van der Waals surface area contributed by atoms with Gasteiger partial charge in [0.2, 0.25) is 0 Å². The number of hydrogen-bond acceptors (Lipinski definition) is 5. The van der Waals surface area contributed by atoms with Gasteiger partial charge in [-0.3, -0.25) is 14.9 Å². The molecular formula is C27H33N5. The van der Waals surface area contributed by atoms with Gasteiger partial charge in [0.15, 0.2) is 0 Å². The van der Waals surface area contributed by atoms with Gasteiger partial charge in [-0.25, -0.2) is 0 Å². The molecule has 3 heterocycles. The van der Waals surface area contributed by atoms with E-state index in [1.54, 1.807) is 0 Å². The Kier molecular flexibility index (Phi) is 5.94. The van der Waals surface area contributed by atoms with Gasteiger partial charge in [-0.05, 0) is 81.4 Å². The summed E-state index contributed by atoms with van der Waals surface area (Å²) in [4.78, 5) is 16.9. The van der Waals surface area contributed by atoms with Crippen LogP contribution in [0, 0.1) is 0 Å². The SMILES string of the molecule is CN(C)Cc1cccc(C2=CC=CC3=NC(CN(C)C4CCCc5cccnc54)CN23)c1. The standard InChI is InChI=1S/C27H33N5/c1-30(2)17-20-8-4-10-22(16-20)24-12-6-14-26-29-23(19-32(24)26)18-31(3)25-13-5-9-21-11-7-15-28-27(21)25/h4,6-8,10-12,14-16,23,25H,5,9,13,17-19H2,1-3H3. The number of likely N-dealkylation sites (N-methyl/N-ethyl adjacent to an activating group) is 1. The summed E-state index contributed by atoms with van der Waals surface area (Å²) >= 11 is 0. The van der Waals surface area contributed by atoms with Crippen LogP contribution >= 0.6 is 0 Å². The van der Waals surface area contributed by atoms with E-state index in [4.69, 9.17) is 9.98 Å². The second-order valence-corrected chi connectivity index (χ2v) is 9.50. The normalized spacial score (nSPS) is 22.1. The zero-order valence-corrected chi connectivity index (χ0v) is 19.4. The first-order valence-electron chi connectivity index (χ1n) is 11.7. The number of benzene rings is 1. The van der Waals surface area contributed by atoms with Crippen molar-refractivity contribution < 1.29 is 0 Å². The minimum atomic E-state index is 0.264. The fourth-order valence-corrected chi connectivity index (χ4v) is 5.29. The van der Waals surface area contributed by atoms with Gasteiger partial charge in [-0.1, -0.05) is 30.3 Å². The molecule has 1 aliphatic carbocycles. The monoisotopic (exact) mass is 427 g/mol. The van der Waals surface area contributed by atoms with Crippen LogP contribution in [0.1, 0.15) is 41.3 Å². The molecule has 0 spiro atoms. The lowest BCUT2D eigenvalue weighted by atomic mass is 9.91. The lowest BCUT2D eigenvalue weighted by Gasteiger charge is -2.33. The summed E-state index contributed by atoms with van der Waals surface area (Å²) in [6, 6.07) is 13.9. The highest BCUT2D eigenvalue weighted by Gasteiger charge is 2.32. The molecule has 0 saturated heterocycles. The Morgan fingerprint density at radius 2 is 2.03 bits per heavy atom. The third-order valence-electron chi connectivity index (χ3n) is 6.69. The number of aliphatic imine (C=N–C) groups is 1. The average Bonchev–Trinajstić information content (AvgIpc) is 3.20. The van der Waals surface area contributed by atoms with Crippen molar-refractivity contribution in [3.8, 4) is 0 Å². The van der Waals surface area contributed by atoms with Crippen LogP contribution in [0.2, 0.25) is 0 Å². The molecule has 2 aromatic rings. The number of amidine groups is 1. The zero-order chi connectivity index (χ0) is 22.1. The molecule has 2 aliphatic heterocycles. The number of nitrogens with zero attached hydrogens (tertiary/aromatic N) is 5. The van der Waals surface area contributed by atoms with Crippen molar-refractivity contribution in [1.82, 2.24) is 19.7 Å². The number of fused-ring (bicyclic) bond motifs is 2. The molecule has 5 heteroatoms. The molecule has 2 unspecified atom stereocenters. The van der Waals surface area contributed by atoms with E-state index >= 15 is 0 Å². The summed E-state index contributed by atoms with van der Waals surface area (Å²) in [7, 11) is 6.47. The Balaban J connectivity index is 1.30. The minimum absolute atomic E-state index is 0.264. The van der Waals surface area contributed by atoms with Crippen molar-refractivity contribution >= 4 is 11.5 Å². The highest BCUT2D eigenvalue weighted by molar-refractivity contribution is 6.02. The second kappa shape index (κ2) is 9.00. The maximum atomic E-state index is 5.09. The predicted octanol–water partition coefficient (Wildman–Crippen LogP) is 4.15. The van der Waals surface area contributed by atoms with Gasteiger partial charge in [-0.15, -0.1) is 0 Å². The van der Waals surface area contributed by atoms with E-state index in [1.807, 2.05) is 6.20 Å². The van der Waals surface area contributed by atoms with Crippen molar-refractivity contribution in [2.24, 2.45) is 4.99 Å². The van der Waals surface area contributed by atoms with Crippen LogP contribution < -0.4 is 0 Å². The molecule has 1 aromatic heterocycles. The predicted molar refractivity (Wildman–Crippen MR) is 131 cm³/mol. The molecule has 0 amide bonds. The molecule has 32 heavy (non-hydrogen) atoms. The molecule has 1 aromatic carbocycles. The van der Waals surface area contributed by atoms with Gasteiger partial charge in [0.1, 0.15) is 5.84 Å². The molecule has 166 valence electrons. The summed E-state index contributed by atoms with van der Waals surface area (Å²) in [5.74, 6) is 1.08. The molecule has 0 bridgehead atoms. The molecule has 3 aliphatic rings. The van der Waals surface area contributed by atoms with Crippen molar-refractivity contribution in [2.75, 3.05) is 34.2 Å². The Labute approximate surface area is 191 Å². The van der Waals surface area contributed by atoms with Crippen molar-refractivity contribution in [2.45, 2.75) is 37.9 Å². The number of aromatic nitrogens is 1. The molecule has 5 rings (SSSR count). The van der Waals surface area contributed by atoms with E-state index in [9.17, 15) is 0 Å². The summed E-state index contributed by atoms with van der Waals surface area (Å²) in [6.07, 6.45) is 12.0. The van der Waals surface area contributed by atoms with Crippen LogP contribution in [0.5, 0.6) is 0 Å². The molecule has 0 fully saturated rings. The molecular weight excluding hydrogens is 394 g/mol. The Bertz CT molecular complexity index is 1070. The van der Waals surface area contributed by atoms with Crippen LogP contribution in [-0.2, 0) is 13.0 Å². The fraction of sp³-hybridized carbons (Fsp3) is 0.407. The van der Waals surface area contributed by atoms with Gasteiger partial charge < -0.3 is 9.80 Å². The van der Waals surface area contributed by atoms with E-state index in [-0.39, 0.29) is 6.04 Å². The summed E-state index contributed by atoms with van der Waals surface area (Å²) < 4.78 is 0. The minimum Gasteiger partial charge on any atom is -0.324 e. The zero-order valence-electron chi connectivity index (χ0n) is 19.4. The Morgan fingerprint density at radius 3 is 2.91 bits per heavy atom. The maximum Gasteiger partial charge on any atom is 0.128 e. The van der Waals surface area contributed by atoms with Crippen LogP contribution in [0.25, 0.3) is 5.70 Å². The quantitative estimate of drug-likeness (QED) is 0.694. The summed E-state index contributed by atoms with van der Waals surface area (Å²) in [5, 5.41) is 0. The lowest BCUT2D eigenvalue weighted by molar-refractivity contribution is 0.204. The smallest absolute Gasteiger partial charge is 0.128 e. The molecule has 0 saturated carbocycles. The van der Waals surface area contributed by atoms with Crippen LogP contribution in [0.4, 0.5) is 0 Å². The largest absolute Gasteiger partial charge is 0.324 e. The van der Waals surface area contributed by atoms with Crippen LogP contribution in [-0.4, -0.2) is 65.8 Å². The van der Waals surface area contributed by atoms with E-state index in [0.717, 1.165) is 31.9 Å². The number of hydrogen-bond donors (Lipinski definition) is 0. The first-order chi connectivity index (χ1) is 15.6. The molecule has 0 N–H and O–H groups in total. The number of rotatable bonds is 6. The maximum absolute atomic E-state index is 5.09. The fourth-order valence-electron chi connectivity index (χ4n) is 5.29. The van der Waals surface area contributed by atoms with Gasteiger partial charge >= 0.3 is 0 Å². The number of aryl methyl sites for hydroxylation is 1. The van der Waals surface area contributed by atoms with E-state index in [0.29, 0.717) is 6.04 Å². The van der Waals surface area contributed by atoms with Crippen LogP contribution in [0.15, 0.2) is 65.8 Å². The number of pyridine rings is 1. The second-order valence-electron chi connectivity index (χ2n) is 9.50. The summed E-state index contributed by atoms with van der Waals surface area (Å²) in [5.41, 5.74) is 6.53.